The highest BCUT2D eigenvalue weighted by Gasteiger charge is 2.35. The molecule has 0 spiro atoms. The molecule has 220 valence electrons. The zero-order valence-electron chi connectivity index (χ0n) is 21.1. The fraction of sp³-hybridized carbons (Fsp3) is 0.259. The van der Waals surface area contributed by atoms with E-state index in [1.165, 1.54) is 0 Å². The molecule has 2 heterocycles. The molecule has 3 aliphatic rings. The summed E-state index contributed by atoms with van der Waals surface area (Å²) in [5.74, 6) is -2.87. The van der Waals surface area contributed by atoms with E-state index in [2.05, 4.69) is 5.32 Å². The molecule has 1 N–H and O–H groups in total. The van der Waals surface area contributed by atoms with E-state index in [9.17, 15) is 28.8 Å². The second-order valence-electron chi connectivity index (χ2n) is 8.84. The molecule has 1 fully saturated rings. The lowest BCUT2D eigenvalue weighted by Gasteiger charge is -2.17. The molecular formula is C27H25N3O11S. The summed E-state index contributed by atoms with van der Waals surface area (Å²) in [6.45, 7) is -0.157. The fourth-order valence-electron chi connectivity index (χ4n) is 4.57. The van der Waals surface area contributed by atoms with Gasteiger partial charge in [0.15, 0.2) is 0 Å². The lowest BCUT2D eigenvalue weighted by Crippen LogP contribution is -2.33. The van der Waals surface area contributed by atoms with E-state index < -0.39 is 40.4 Å². The summed E-state index contributed by atoms with van der Waals surface area (Å²) in [5, 5.41) is 3.20. The average Bonchev–Trinajstić information content (AvgIpc) is 3.53. The molecule has 0 saturated carbocycles. The summed E-state index contributed by atoms with van der Waals surface area (Å²) in [6, 6.07) is 12.9. The number of hydroxylamine groups is 2. The third kappa shape index (κ3) is 7.11. The molecular weight excluding hydrogens is 574 g/mol. The summed E-state index contributed by atoms with van der Waals surface area (Å²) in [4.78, 5) is 77.2. The number of hydrogen-bond acceptors (Lipinski definition) is 11. The van der Waals surface area contributed by atoms with Crippen LogP contribution in [0.2, 0.25) is 0 Å². The first-order valence-corrected chi connectivity index (χ1v) is 13.1. The van der Waals surface area contributed by atoms with E-state index in [4.69, 9.17) is 22.2 Å². The standard InChI is InChI=1S/C26H21N3O8.CH4.O3S/c30-21(11-12-28-22(31)7-8-23(28)32)27-15-5-6-18-16-3-1-2-4-17(16)20(19(18)13-15)14-36-26(35)37-29-24(33)9-10-25(29)34;;1-4(2)3/h1-8,13,20H,9-12,14H2,(H,27,30);1H4;. The number of nitrogens with one attached hydrogen (secondary N) is 1. The molecule has 0 radical (unpaired) electrons. The molecule has 1 saturated heterocycles. The third-order valence-corrected chi connectivity index (χ3v) is 6.34. The number of benzene rings is 2. The van der Waals surface area contributed by atoms with E-state index >= 15 is 0 Å². The van der Waals surface area contributed by atoms with Gasteiger partial charge in [-0.3, -0.25) is 33.7 Å². The highest BCUT2D eigenvalue weighted by atomic mass is 32.2. The second kappa shape index (κ2) is 13.5. The number of amides is 5. The Morgan fingerprint density at radius 2 is 1.48 bits per heavy atom. The molecule has 2 aromatic rings. The Kier molecular flexibility index (Phi) is 10.0. The van der Waals surface area contributed by atoms with Gasteiger partial charge in [0.2, 0.25) is 5.91 Å². The van der Waals surface area contributed by atoms with Crippen molar-refractivity contribution in [1.29, 1.82) is 0 Å². The van der Waals surface area contributed by atoms with E-state index in [-0.39, 0.29) is 51.7 Å². The van der Waals surface area contributed by atoms with Gasteiger partial charge in [0, 0.05) is 49.6 Å². The van der Waals surface area contributed by atoms with Crippen LogP contribution in [0, 0.1) is 0 Å². The SMILES string of the molecule is C.O=C(CCN1C(=O)C=CC1=O)Nc1ccc2c(c1)C(COC(=O)ON1C(=O)CCC1=O)c1ccccc1-2.O=S(=O)=O. The minimum atomic E-state index is -3.11. The van der Waals surface area contributed by atoms with Crippen molar-refractivity contribution in [2.24, 2.45) is 0 Å². The summed E-state index contributed by atoms with van der Waals surface area (Å²) in [7, 11) is -3.11. The van der Waals surface area contributed by atoms with Gasteiger partial charge in [0.1, 0.15) is 6.61 Å². The number of nitrogens with zero attached hydrogens (tertiary/aromatic N) is 2. The largest absolute Gasteiger partial charge is 0.533 e. The normalized spacial score (nSPS) is 16.2. The van der Waals surface area contributed by atoms with Crippen LogP contribution in [-0.4, -0.2) is 71.4 Å². The Hall–Kier alpha value is -5.18. The van der Waals surface area contributed by atoms with Crippen molar-refractivity contribution < 1.29 is 51.0 Å². The van der Waals surface area contributed by atoms with Gasteiger partial charge in [0.25, 0.3) is 23.6 Å². The molecule has 1 unspecified atom stereocenters. The average molecular weight is 600 g/mol. The monoisotopic (exact) mass is 599 g/mol. The van der Waals surface area contributed by atoms with Crippen molar-refractivity contribution in [1.82, 2.24) is 9.96 Å². The predicted octanol–water partition coefficient (Wildman–Crippen LogP) is 1.90. The van der Waals surface area contributed by atoms with Crippen LogP contribution in [0.5, 0.6) is 0 Å². The molecule has 5 amide bonds. The van der Waals surface area contributed by atoms with Gasteiger partial charge in [-0.2, -0.15) is 0 Å². The molecule has 2 aliphatic heterocycles. The number of ether oxygens (including phenoxy) is 1. The van der Waals surface area contributed by atoms with Crippen LogP contribution in [0.25, 0.3) is 11.1 Å². The van der Waals surface area contributed by atoms with E-state index in [1.807, 2.05) is 30.3 Å². The lowest BCUT2D eigenvalue weighted by molar-refractivity contribution is -0.177. The minimum absolute atomic E-state index is 0. The van der Waals surface area contributed by atoms with Crippen LogP contribution in [0.3, 0.4) is 0 Å². The van der Waals surface area contributed by atoms with Crippen LogP contribution in [0.15, 0.2) is 54.6 Å². The smallest absolute Gasteiger partial charge is 0.432 e. The predicted molar refractivity (Wildman–Crippen MR) is 143 cm³/mol. The minimum Gasteiger partial charge on any atom is -0.432 e. The van der Waals surface area contributed by atoms with Crippen molar-refractivity contribution in [3.05, 3.63) is 65.7 Å². The van der Waals surface area contributed by atoms with Crippen LogP contribution < -0.4 is 5.32 Å². The van der Waals surface area contributed by atoms with Gasteiger partial charge in [-0.25, -0.2) is 4.79 Å². The zero-order chi connectivity index (χ0) is 29.7. The van der Waals surface area contributed by atoms with E-state index in [0.29, 0.717) is 10.8 Å². The molecule has 42 heavy (non-hydrogen) atoms. The van der Waals surface area contributed by atoms with Gasteiger partial charge in [-0.05, 0) is 34.4 Å². The van der Waals surface area contributed by atoms with Gasteiger partial charge >= 0.3 is 16.8 Å². The van der Waals surface area contributed by atoms with Crippen LogP contribution in [-0.2, 0) is 44.2 Å². The number of imide groups is 2. The Bertz CT molecular complexity index is 1560. The third-order valence-electron chi connectivity index (χ3n) is 6.34. The zero-order valence-corrected chi connectivity index (χ0v) is 21.9. The maximum Gasteiger partial charge on any atom is 0.533 e. The highest BCUT2D eigenvalue weighted by molar-refractivity contribution is 7.59. The first-order chi connectivity index (χ1) is 19.5. The first-order valence-electron chi connectivity index (χ1n) is 12.1. The second-order valence-corrected chi connectivity index (χ2v) is 9.25. The van der Waals surface area contributed by atoms with Crippen LogP contribution in [0.4, 0.5) is 10.5 Å². The molecule has 15 heteroatoms. The van der Waals surface area contributed by atoms with Gasteiger partial charge in [-0.15, -0.1) is 12.6 Å². The number of hydrogen-bond donors (Lipinski definition) is 1. The maximum atomic E-state index is 12.5. The number of fused-ring (bicyclic) bond motifs is 3. The number of carbonyl (C=O) groups excluding carboxylic acids is 6. The summed E-state index contributed by atoms with van der Waals surface area (Å²) in [5.41, 5.74) is 4.05. The summed E-state index contributed by atoms with van der Waals surface area (Å²) >= 11 is 0. The van der Waals surface area contributed by atoms with Gasteiger partial charge in [-0.1, -0.05) is 42.8 Å². The molecule has 0 bridgehead atoms. The lowest BCUT2D eigenvalue weighted by atomic mass is 9.97. The Balaban J connectivity index is 0.000000911. The van der Waals surface area contributed by atoms with Gasteiger partial charge < -0.3 is 10.1 Å². The number of anilines is 1. The highest BCUT2D eigenvalue weighted by Crippen LogP contribution is 2.45. The van der Waals surface area contributed by atoms with Crippen molar-refractivity contribution in [3.8, 4) is 11.1 Å². The van der Waals surface area contributed by atoms with Gasteiger partial charge in [0.05, 0.1) is 0 Å². The quantitative estimate of drug-likeness (QED) is 0.361. The molecule has 1 aliphatic carbocycles. The Morgan fingerprint density at radius 1 is 0.881 bits per heavy atom. The molecule has 5 rings (SSSR count). The fourth-order valence-corrected chi connectivity index (χ4v) is 4.57. The van der Waals surface area contributed by atoms with E-state index in [1.54, 1.807) is 12.1 Å². The van der Waals surface area contributed by atoms with Crippen molar-refractivity contribution in [2.45, 2.75) is 32.6 Å². The molecule has 1 atom stereocenters. The van der Waals surface area contributed by atoms with Crippen LogP contribution >= 0.6 is 0 Å². The number of rotatable bonds is 7. The molecule has 0 aromatic heterocycles. The summed E-state index contributed by atoms with van der Waals surface area (Å²) in [6.07, 6.45) is 1.05. The first kappa shape index (κ1) is 31.3. The number of carbonyl (C=O) groups is 6. The van der Waals surface area contributed by atoms with Crippen molar-refractivity contribution >= 4 is 52.0 Å². The molecule has 2 aromatic carbocycles. The maximum absolute atomic E-state index is 12.5. The van der Waals surface area contributed by atoms with Crippen LogP contribution in [0.1, 0.15) is 43.7 Å². The van der Waals surface area contributed by atoms with E-state index in [0.717, 1.165) is 39.3 Å². The molecule has 14 nitrogen and oxygen atoms in total. The summed E-state index contributed by atoms with van der Waals surface area (Å²) < 4.78 is 30.6. The topological polar surface area (TPSA) is 191 Å². The Labute approximate surface area is 240 Å². The Morgan fingerprint density at radius 3 is 2.12 bits per heavy atom. The van der Waals surface area contributed by atoms with Crippen molar-refractivity contribution in [3.63, 3.8) is 0 Å². The van der Waals surface area contributed by atoms with Crippen molar-refractivity contribution in [2.75, 3.05) is 18.5 Å².